The molecular weight excluding hydrogens is 266 g/mol. The SMILES string of the molecule is CCN1CCN(CC(N)c2cc(OC)ccc2OC)CC1. The smallest absolute Gasteiger partial charge is 0.123 e. The van der Waals surface area contributed by atoms with E-state index in [0.29, 0.717) is 0 Å². The molecule has 2 N–H and O–H groups in total. The van der Waals surface area contributed by atoms with Crippen molar-refractivity contribution in [3.8, 4) is 11.5 Å². The summed E-state index contributed by atoms with van der Waals surface area (Å²) in [4.78, 5) is 4.89. The molecule has 1 aliphatic heterocycles. The van der Waals surface area contributed by atoms with Crippen molar-refractivity contribution in [2.24, 2.45) is 5.73 Å². The summed E-state index contributed by atoms with van der Waals surface area (Å²) in [5.74, 6) is 1.65. The summed E-state index contributed by atoms with van der Waals surface area (Å²) in [5, 5.41) is 0. The van der Waals surface area contributed by atoms with Gasteiger partial charge in [0.2, 0.25) is 0 Å². The Balaban J connectivity index is 2.01. The number of nitrogens with zero attached hydrogens (tertiary/aromatic N) is 2. The van der Waals surface area contributed by atoms with Crippen LogP contribution in [-0.2, 0) is 0 Å². The molecule has 1 fully saturated rings. The largest absolute Gasteiger partial charge is 0.497 e. The maximum atomic E-state index is 6.40. The molecule has 2 rings (SSSR count). The zero-order valence-electron chi connectivity index (χ0n) is 13.3. The van der Waals surface area contributed by atoms with Crippen LogP contribution in [0.15, 0.2) is 18.2 Å². The third-order valence-electron chi connectivity index (χ3n) is 4.20. The lowest BCUT2D eigenvalue weighted by Crippen LogP contribution is -2.48. The number of rotatable bonds is 6. The lowest BCUT2D eigenvalue weighted by atomic mass is 10.0. The van der Waals surface area contributed by atoms with Crippen LogP contribution >= 0.6 is 0 Å². The number of nitrogens with two attached hydrogens (primary N) is 1. The van der Waals surface area contributed by atoms with Gasteiger partial charge in [-0.15, -0.1) is 0 Å². The van der Waals surface area contributed by atoms with Gasteiger partial charge in [-0.25, -0.2) is 0 Å². The summed E-state index contributed by atoms with van der Waals surface area (Å²) in [6.07, 6.45) is 0. The fraction of sp³-hybridized carbons (Fsp3) is 0.625. The van der Waals surface area contributed by atoms with Gasteiger partial charge in [0.05, 0.1) is 14.2 Å². The minimum absolute atomic E-state index is 0.0665. The Bertz CT molecular complexity index is 445. The van der Waals surface area contributed by atoms with Crippen molar-refractivity contribution in [2.75, 3.05) is 53.5 Å². The van der Waals surface area contributed by atoms with Crippen molar-refractivity contribution in [1.82, 2.24) is 9.80 Å². The van der Waals surface area contributed by atoms with E-state index >= 15 is 0 Å². The fourth-order valence-electron chi connectivity index (χ4n) is 2.79. The first kappa shape index (κ1) is 16.1. The molecule has 1 aromatic carbocycles. The molecule has 1 heterocycles. The van der Waals surface area contributed by atoms with Crippen LogP contribution in [0.2, 0.25) is 0 Å². The number of hydrogen-bond acceptors (Lipinski definition) is 5. The van der Waals surface area contributed by atoms with E-state index < -0.39 is 0 Å². The average molecular weight is 293 g/mol. The van der Waals surface area contributed by atoms with Gasteiger partial charge in [0.25, 0.3) is 0 Å². The van der Waals surface area contributed by atoms with Gasteiger partial charge in [0.15, 0.2) is 0 Å². The third-order valence-corrected chi connectivity index (χ3v) is 4.20. The van der Waals surface area contributed by atoms with E-state index in [0.717, 1.165) is 56.3 Å². The maximum Gasteiger partial charge on any atom is 0.123 e. The Morgan fingerprint density at radius 2 is 1.76 bits per heavy atom. The van der Waals surface area contributed by atoms with Crippen LogP contribution in [0.25, 0.3) is 0 Å². The summed E-state index contributed by atoms with van der Waals surface area (Å²) in [5.41, 5.74) is 7.41. The van der Waals surface area contributed by atoms with Crippen LogP contribution in [0.4, 0.5) is 0 Å². The van der Waals surface area contributed by atoms with Crippen molar-refractivity contribution >= 4 is 0 Å². The molecule has 118 valence electrons. The molecule has 0 saturated carbocycles. The van der Waals surface area contributed by atoms with E-state index in [1.807, 2.05) is 18.2 Å². The maximum absolute atomic E-state index is 6.40. The highest BCUT2D eigenvalue weighted by molar-refractivity contribution is 5.42. The normalized spacial score (nSPS) is 18.5. The van der Waals surface area contributed by atoms with Crippen LogP contribution in [0.1, 0.15) is 18.5 Å². The quantitative estimate of drug-likeness (QED) is 0.858. The van der Waals surface area contributed by atoms with Gasteiger partial charge in [-0.05, 0) is 24.7 Å². The second-order valence-corrected chi connectivity index (χ2v) is 5.45. The predicted octanol–water partition coefficient (Wildman–Crippen LogP) is 1.34. The van der Waals surface area contributed by atoms with Crippen LogP contribution in [0.5, 0.6) is 11.5 Å². The lowest BCUT2D eigenvalue weighted by molar-refractivity contribution is 0.131. The number of hydrogen-bond donors (Lipinski definition) is 1. The molecule has 1 unspecified atom stereocenters. The van der Waals surface area contributed by atoms with Gasteiger partial charge >= 0.3 is 0 Å². The number of ether oxygens (including phenoxy) is 2. The summed E-state index contributed by atoms with van der Waals surface area (Å²) in [6.45, 7) is 8.59. The van der Waals surface area contributed by atoms with Gasteiger partial charge in [-0.1, -0.05) is 6.92 Å². The summed E-state index contributed by atoms with van der Waals surface area (Å²) in [7, 11) is 3.35. The minimum atomic E-state index is -0.0665. The summed E-state index contributed by atoms with van der Waals surface area (Å²) < 4.78 is 10.7. The van der Waals surface area contributed by atoms with E-state index in [9.17, 15) is 0 Å². The van der Waals surface area contributed by atoms with Gasteiger partial charge in [0.1, 0.15) is 11.5 Å². The first-order valence-corrected chi connectivity index (χ1v) is 7.60. The molecule has 1 atom stereocenters. The highest BCUT2D eigenvalue weighted by atomic mass is 16.5. The van der Waals surface area contributed by atoms with Crippen LogP contribution < -0.4 is 15.2 Å². The number of likely N-dealkylation sites (N-methyl/N-ethyl adjacent to an activating group) is 1. The Hall–Kier alpha value is -1.30. The topological polar surface area (TPSA) is 51.0 Å². The van der Waals surface area contributed by atoms with E-state index in [1.54, 1.807) is 14.2 Å². The van der Waals surface area contributed by atoms with Gasteiger partial charge < -0.3 is 20.1 Å². The Morgan fingerprint density at radius 1 is 1.10 bits per heavy atom. The predicted molar refractivity (Wildman–Crippen MR) is 85.0 cm³/mol. The number of benzene rings is 1. The van der Waals surface area contributed by atoms with E-state index in [4.69, 9.17) is 15.2 Å². The minimum Gasteiger partial charge on any atom is -0.497 e. The van der Waals surface area contributed by atoms with Crippen LogP contribution in [-0.4, -0.2) is 63.3 Å². The van der Waals surface area contributed by atoms with Crippen molar-refractivity contribution in [3.05, 3.63) is 23.8 Å². The highest BCUT2D eigenvalue weighted by Gasteiger charge is 2.20. The molecule has 1 aliphatic rings. The first-order valence-electron chi connectivity index (χ1n) is 7.60. The average Bonchev–Trinajstić information content (AvgIpc) is 2.54. The molecule has 0 amide bonds. The van der Waals surface area contributed by atoms with Crippen molar-refractivity contribution in [2.45, 2.75) is 13.0 Å². The van der Waals surface area contributed by atoms with Crippen molar-refractivity contribution < 1.29 is 9.47 Å². The zero-order valence-corrected chi connectivity index (χ0v) is 13.3. The van der Waals surface area contributed by atoms with E-state index in [1.165, 1.54) is 0 Å². The second-order valence-electron chi connectivity index (χ2n) is 5.45. The zero-order chi connectivity index (χ0) is 15.2. The van der Waals surface area contributed by atoms with E-state index in [2.05, 4.69) is 16.7 Å². The first-order chi connectivity index (χ1) is 10.2. The van der Waals surface area contributed by atoms with Gasteiger partial charge in [-0.2, -0.15) is 0 Å². The highest BCUT2D eigenvalue weighted by Crippen LogP contribution is 2.28. The Kier molecular flexibility index (Phi) is 5.85. The van der Waals surface area contributed by atoms with Crippen LogP contribution in [0, 0.1) is 0 Å². The molecule has 5 heteroatoms. The monoisotopic (exact) mass is 293 g/mol. The molecule has 1 aromatic rings. The van der Waals surface area contributed by atoms with Gasteiger partial charge in [-0.3, -0.25) is 4.90 Å². The second kappa shape index (κ2) is 7.64. The molecule has 0 spiro atoms. The molecule has 21 heavy (non-hydrogen) atoms. The molecule has 0 radical (unpaired) electrons. The Morgan fingerprint density at radius 3 is 2.33 bits per heavy atom. The van der Waals surface area contributed by atoms with Crippen molar-refractivity contribution in [3.63, 3.8) is 0 Å². The number of piperazine rings is 1. The Labute approximate surface area is 127 Å². The molecule has 0 aliphatic carbocycles. The lowest BCUT2D eigenvalue weighted by Gasteiger charge is -2.35. The standard InChI is InChI=1S/C16H27N3O2/c1-4-18-7-9-19(10-8-18)12-15(17)14-11-13(20-2)5-6-16(14)21-3/h5-6,11,15H,4,7-10,12,17H2,1-3H3. The van der Waals surface area contributed by atoms with E-state index in [-0.39, 0.29) is 6.04 Å². The van der Waals surface area contributed by atoms with Crippen molar-refractivity contribution in [1.29, 1.82) is 0 Å². The third kappa shape index (κ3) is 4.09. The molecule has 5 nitrogen and oxygen atoms in total. The summed E-state index contributed by atoms with van der Waals surface area (Å²) >= 11 is 0. The summed E-state index contributed by atoms with van der Waals surface area (Å²) in [6, 6.07) is 5.73. The fourth-order valence-corrected chi connectivity index (χ4v) is 2.79. The van der Waals surface area contributed by atoms with Gasteiger partial charge in [0, 0.05) is 44.3 Å². The molecule has 0 aromatic heterocycles. The molecule has 0 bridgehead atoms. The number of methoxy groups -OCH3 is 2. The van der Waals surface area contributed by atoms with Crippen LogP contribution in [0.3, 0.4) is 0 Å². The molecular formula is C16H27N3O2. The molecule has 1 saturated heterocycles.